The SMILES string of the molecule is C[C@H](NC(=O)COC(=O)CN1C(=O)NC(C)(C)C1=O)C12CC3CC(CC(C3)C1)C2. The molecule has 160 valence electrons. The van der Waals surface area contributed by atoms with Crippen LogP contribution in [0.1, 0.15) is 59.3 Å². The maximum atomic E-state index is 12.4. The molecule has 1 atom stereocenters. The largest absolute Gasteiger partial charge is 0.454 e. The summed E-state index contributed by atoms with van der Waals surface area (Å²) in [5, 5.41) is 5.54. The number of urea groups is 1. The van der Waals surface area contributed by atoms with Gasteiger partial charge in [-0.15, -0.1) is 0 Å². The van der Waals surface area contributed by atoms with E-state index in [-0.39, 0.29) is 17.4 Å². The summed E-state index contributed by atoms with van der Waals surface area (Å²) in [5.41, 5.74) is -0.859. The summed E-state index contributed by atoms with van der Waals surface area (Å²) in [7, 11) is 0. The maximum Gasteiger partial charge on any atom is 0.326 e. The number of ether oxygens (including phenoxy) is 1. The quantitative estimate of drug-likeness (QED) is 0.516. The summed E-state index contributed by atoms with van der Waals surface area (Å²) in [4.78, 5) is 49.2. The van der Waals surface area contributed by atoms with Crippen LogP contribution in [0.5, 0.6) is 0 Å². The van der Waals surface area contributed by atoms with Crippen LogP contribution in [-0.2, 0) is 19.1 Å². The number of rotatable bonds is 6. The Morgan fingerprint density at radius 3 is 2.17 bits per heavy atom. The predicted molar refractivity (Wildman–Crippen MR) is 103 cm³/mol. The van der Waals surface area contributed by atoms with Crippen molar-refractivity contribution in [1.82, 2.24) is 15.5 Å². The molecule has 4 amide bonds. The highest BCUT2D eigenvalue weighted by Crippen LogP contribution is 2.61. The minimum atomic E-state index is -1.04. The van der Waals surface area contributed by atoms with Crippen molar-refractivity contribution in [2.75, 3.05) is 13.2 Å². The van der Waals surface area contributed by atoms with Crippen LogP contribution in [0, 0.1) is 23.2 Å². The molecular formula is C21H31N3O5. The number of esters is 1. The van der Waals surface area contributed by atoms with E-state index in [0.29, 0.717) is 0 Å². The van der Waals surface area contributed by atoms with Crippen LogP contribution in [0.3, 0.4) is 0 Å². The van der Waals surface area contributed by atoms with Gasteiger partial charge in [-0.1, -0.05) is 0 Å². The molecule has 4 aliphatic carbocycles. The van der Waals surface area contributed by atoms with E-state index >= 15 is 0 Å². The lowest BCUT2D eigenvalue weighted by atomic mass is 9.48. The van der Waals surface area contributed by atoms with Crippen LogP contribution in [0.2, 0.25) is 0 Å². The average molecular weight is 405 g/mol. The number of carbonyl (C=O) groups excluding carboxylic acids is 4. The van der Waals surface area contributed by atoms with Crippen molar-refractivity contribution in [2.24, 2.45) is 23.2 Å². The van der Waals surface area contributed by atoms with E-state index in [0.717, 1.165) is 22.7 Å². The molecule has 0 aromatic rings. The number of amides is 4. The first-order valence-electron chi connectivity index (χ1n) is 10.7. The van der Waals surface area contributed by atoms with E-state index in [2.05, 4.69) is 17.6 Å². The summed E-state index contributed by atoms with van der Waals surface area (Å²) < 4.78 is 5.03. The zero-order valence-corrected chi connectivity index (χ0v) is 17.5. The van der Waals surface area contributed by atoms with Crippen LogP contribution in [0.15, 0.2) is 0 Å². The highest BCUT2D eigenvalue weighted by molar-refractivity contribution is 6.08. The molecule has 1 heterocycles. The molecule has 4 saturated carbocycles. The van der Waals surface area contributed by atoms with Gasteiger partial charge in [-0.25, -0.2) is 4.79 Å². The maximum absolute atomic E-state index is 12.4. The molecule has 29 heavy (non-hydrogen) atoms. The van der Waals surface area contributed by atoms with Crippen LogP contribution in [0.4, 0.5) is 4.79 Å². The fourth-order valence-electron chi connectivity index (χ4n) is 6.43. The van der Waals surface area contributed by atoms with Crippen molar-refractivity contribution in [3.05, 3.63) is 0 Å². The highest BCUT2D eigenvalue weighted by Gasteiger charge is 2.53. The molecule has 2 N–H and O–H groups in total. The smallest absolute Gasteiger partial charge is 0.326 e. The molecule has 5 fully saturated rings. The number of carbonyl (C=O) groups is 4. The number of hydrogen-bond acceptors (Lipinski definition) is 5. The van der Waals surface area contributed by atoms with Gasteiger partial charge in [0.05, 0.1) is 0 Å². The van der Waals surface area contributed by atoms with Crippen LogP contribution >= 0.6 is 0 Å². The van der Waals surface area contributed by atoms with E-state index < -0.39 is 36.6 Å². The van der Waals surface area contributed by atoms with Crippen molar-refractivity contribution < 1.29 is 23.9 Å². The van der Waals surface area contributed by atoms with Gasteiger partial charge in [0, 0.05) is 6.04 Å². The molecule has 1 aliphatic heterocycles. The Bertz CT molecular complexity index is 711. The summed E-state index contributed by atoms with van der Waals surface area (Å²) in [6.45, 7) is 4.31. The molecule has 8 heteroatoms. The third-order valence-electron chi connectivity index (χ3n) is 7.48. The van der Waals surface area contributed by atoms with Crippen molar-refractivity contribution in [3.8, 4) is 0 Å². The van der Waals surface area contributed by atoms with E-state index in [4.69, 9.17) is 4.74 Å². The fourth-order valence-corrected chi connectivity index (χ4v) is 6.43. The van der Waals surface area contributed by atoms with Crippen LogP contribution in [-0.4, -0.2) is 53.4 Å². The van der Waals surface area contributed by atoms with E-state index in [1.54, 1.807) is 13.8 Å². The third-order valence-corrected chi connectivity index (χ3v) is 7.48. The van der Waals surface area contributed by atoms with Gasteiger partial charge in [0.25, 0.3) is 11.8 Å². The molecule has 8 nitrogen and oxygen atoms in total. The van der Waals surface area contributed by atoms with Gasteiger partial charge in [0.15, 0.2) is 6.61 Å². The fraction of sp³-hybridized carbons (Fsp3) is 0.810. The Hall–Kier alpha value is -2.12. The predicted octanol–water partition coefficient (Wildman–Crippen LogP) is 1.58. The first kappa shape index (κ1) is 20.2. The molecule has 1 saturated heterocycles. The van der Waals surface area contributed by atoms with Gasteiger partial charge in [0.2, 0.25) is 0 Å². The number of nitrogens with zero attached hydrogens (tertiary/aromatic N) is 1. The van der Waals surface area contributed by atoms with Crippen molar-refractivity contribution in [1.29, 1.82) is 0 Å². The molecular weight excluding hydrogens is 374 g/mol. The zero-order valence-electron chi connectivity index (χ0n) is 17.5. The minimum absolute atomic E-state index is 0.0499. The Morgan fingerprint density at radius 2 is 1.69 bits per heavy atom. The van der Waals surface area contributed by atoms with Crippen molar-refractivity contribution >= 4 is 23.8 Å². The summed E-state index contributed by atoms with van der Waals surface area (Å²) in [6.07, 6.45) is 7.58. The lowest BCUT2D eigenvalue weighted by Gasteiger charge is -2.59. The second-order valence-electron chi connectivity index (χ2n) is 10.2. The van der Waals surface area contributed by atoms with E-state index in [9.17, 15) is 19.2 Å². The first-order valence-corrected chi connectivity index (χ1v) is 10.7. The molecule has 0 spiro atoms. The number of nitrogens with one attached hydrogen (secondary N) is 2. The third kappa shape index (κ3) is 3.73. The van der Waals surface area contributed by atoms with Gasteiger partial charge < -0.3 is 15.4 Å². The second-order valence-corrected chi connectivity index (χ2v) is 10.2. The molecule has 5 aliphatic rings. The zero-order chi connectivity index (χ0) is 21.0. The highest BCUT2D eigenvalue weighted by atomic mass is 16.5. The monoisotopic (exact) mass is 405 g/mol. The van der Waals surface area contributed by atoms with Gasteiger partial charge >= 0.3 is 12.0 Å². The molecule has 4 bridgehead atoms. The van der Waals surface area contributed by atoms with Gasteiger partial charge in [-0.3, -0.25) is 19.3 Å². The second kappa shape index (κ2) is 6.99. The van der Waals surface area contributed by atoms with Crippen molar-refractivity contribution in [3.63, 3.8) is 0 Å². The number of hydrogen-bond donors (Lipinski definition) is 2. The summed E-state index contributed by atoms with van der Waals surface area (Å²) in [5.74, 6) is 0.799. The molecule has 0 radical (unpaired) electrons. The average Bonchev–Trinajstić information content (AvgIpc) is 2.80. The molecule has 0 aromatic carbocycles. The lowest BCUT2D eigenvalue weighted by Crippen LogP contribution is -2.56. The molecule has 0 unspecified atom stereocenters. The van der Waals surface area contributed by atoms with Crippen LogP contribution in [0.25, 0.3) is 0 Å². The van der Waals surface area contributed by atoms with E-state index in [1.807, 2.05) is 0 Å². The summed E-state index contributed by atoms with van der Waals surface area (Å²) >= 11 is 0. The number of imide groups is 1. The Balaban J connectivity index is 1.26. The van der Waals surface area contributed by atoms with Gasteiger partial charge in [-0.05, 0) is 82.5 Å². The lowest BCUT2D eigenvalue weighted by molar-refractivity contribution is -0.151. The topological polar surface area (TPSA) is 105 Å². The van der Waals surface area contributed by atoms with Gasteiger partial charge in [0.1, 0.15) is 12.1 Å². The minimum Gasteiger partial charge on any atom is -0.454 e. The molecule has 5 rings (SSSR count). The molecule has 0 aromatic heterocycles. The first-order chi connectivity index (χ1) is 13.6. The Morgan fingerprint density at radius 1 is 1.14 bits per heavy atom. The Kier molecular flexibility index (Phi) is 4.86. The van der Waals surface area contributed by atoms with Crippen LogP contribution < -0.4 is 10.6 Å². The van der Waals surface area contributed by atoms with Crippen molar-refractivity contribution in [2.45, 2.75) is 70.9 Å². The van der Waals surface area contributed by atoms with Gasteiger partial charge in [-0.2, -0.15) is 0 Å². The van der Waals surface area contributed by atoms with E-state index in [1.165, 1.54) is 38.5 Å². The Labute approximate surface area is 171 Å². The summed E-state index contributed by atoms with van der Waals surface area (Å²) in [6, 6.07) is -0.578. The standard InChI is InChI=1S/C21H31N3O5/c1-12(21-7-13-4-14(8-21)6-15(5-13)9-21)22-16(25)11-29-17(26)10-24-18(27)20(2,3)23-19(24)28/h12-15H,4-11H2,1-3H3,(H,22,25)(H,23,28)/t12-,13?,14?,15?,21?/m0/s1. The normalized spacial score (nSPS) is 35.4.